The Labute approximate surface area is 139 Å². The van der Waals surface area contributed by atoms with E-state index in [4.69, 9.17) is 0 Å². The van der Waals surface area contributed by atoms with Gasteiger partial charge in [-0.1, -0.05) is 36.4 Å². The van der Waals surface area contributed by atoms with E-state index in [0.29, 0.717) is 6.04 Å². The van der Waals surface area contributed by atoms with Crippen molar-refractivity contribution < 1.29 is 0 Å². The van der Waals surface area contributed by atoms with E-state index in [1.165, 1.54) is 61.2 Å². The quantitative estimate of drug-likeness (QED) is 0.844. The molecule has 3 nitrogen and oxygen atoms in total. The van der Waals surface area contributed by atoms with Crippen molar-refractivity contribution in [3.8, 4) is 0 Å². The van der Waals surface area contributed by atoms with Crippen LogP contribution in [-0.2, 0) is 6.54 Å². The van der Waals surface area contributed by atoms with E-state index in [2.05, 4.69) is 65.1 Å². The van der Waals surface area contributed by atoms with Gasteiger partial charge in [-0.05, 0) is 35.9 Å². The van der Waals surface area contributed by atoms with Crippen LogP contribution in [0.3, 0.4) is 0 Å². The van der Waals surface area contributed by atoms with Crippen LogP contribution in [0.25, 0.3) is 10.8 Å². The highest BCUT2D eigenvalue weighted by molar-refractivity contribution is 5.88. The van der Waals surface area contributed by atoms with Crippen molar-refractivity contribution in [1.29, 1.82) is 0 Å². The van der Waals surface area contributed by atoms with Crippen LogP contribution in [0.15, 0.2) is 36.4 Å². The Morgan fingerprint density at radius 2 is 1.70 bits per heavy atom. The normalized spacial score (nSPS) is 24.0. The van der Waals surface area contributed by atoms with Crippen LogP contribution in [0.5, 0.6) is 0 Å². The molecule has 4 rings (SSSR count). The maximum atomic E-state index is 2.68. The first-order valence-corrected chi connectivity index (χ1v) is 8.83. The van der Waals surface area contributed by atoms with Crippen LogP contribution >= 0.6 is 0 Å². The van der Waals surface area contributed by atoms with Gasteiger partial charge in [0.05, 0.1) is 0 Å². The predicted molar refractivity (Wildman–Crippen MR) is 96.8 cm³/mol. The van der Waals surface area contributed by atoms with Crippen molar-refractivity contribution >= 4 is 10.8 Å². The van der Waals surface area contributed by atoms with Crippen LogP contribution < -0.4 is 0 Å². The van der Waals surface area contributed by atoms with E-state index < -0.39 is 0 Å². The van der Waals surface area contributed by atoms with E-state index in [1.54, 1.807) is 0 Å². The van der Waals surface area contributed by atoms with Gasteiger partial charge in [0.1, 0.15) is 0 Å². The van der Waals surface area contributed by atoms with Crippen molar-refractivity contribution in [3.63, 3.8) is 0 Å². The average Bonchev–Trinajstić information content (AvgIpc) is 2.55. The molecule has 0 bridgehead atoms. The first-order chi connectivity index (χ1) is 11.2. The van der Waals surface area contributed by atoms with Gasteiger partial charge in [-0.25, -0.2) is 0 Å². The van der Waals surface area contributed by atoms with E-state index in [0.717, 1.165) is 6.54 Å². The van der Waals surface area contributed by atoms with E-state index in [1.807, 2.05) is 0 Å². The third-order valence-electron chi connectivity index (χ3n) is 5.60. The minimum atomic E-state index is 0.708. The first kappa shape index (κ1) is 15.1. The number of likely N-dealkylation sites (N-methyl/N-ethyl adjacent to an activating group) is 1. The fourth-order valence-electron chi connectivity index (χ4n) is 4.23. The molecule has 0 spiro atoms. The molecule has 2 saturated heterocycles. The lowest BCUT2D eigenvalue weighted by atomic mass is 10.00. The minimum absolute atomic E-state index is 0.708. The summed E-state index contributed by atoms with van der Waals surface area (Å²) >= 11 is 0. The lowest BCUT2D eigenvalue weighted by molar-refractivity contribution is 0.0176. The zero-order chi connectivity index (χ0) is 15.8. The second-order valence-corrected chi connectivity index (χ2v) is 7.27. The molecule has 2 heterocycles. The van der Waals surface area contributed by atoms with Gasteiger partial charge in [0.25, 0.3) is 0 Å². The summed E-state index contributed by atoms with van der Waals surface area (Å²) in [6, 6.07) is 14.2. The molecular weight excluding hydrogens is 282 g/mol. The van der Waals surface area contributed by atoms with Gasteiger partial charge >= 0.3 is 0 Å². The Hall–Kier alpha value is -1.42. The van der Waals surface area contributed by atoms with Gasteiger partial charge < -0.3 is 4.90 Å². The van der Waals surface area contributed by atoms with Crippen molar-refractivity contribution in [3.05, 3.63) is 47.5 Å². The third kappa shape index (κ3) is 3.01. The number of hydrogen-bond acceptors (Lipinski definition) is 3. The number of piperazine rings is 2. The molecular formula is C20H27N3. The van der Waals surface area contributed by atoms with Gasteiger partial charge in [-0.15, -0.1) is 0 Å². The summed E-state index contributed by atoms with van der Waals surface area (Å²) in [6.45, 7) is 10.6. The molecule has 122 valence electrons. The number of aryl methyl sites for hydroxylation is 1. The van der Waals surface area contributed by atoms with Gasteiger partial charge in [-0.2, -0.15) is 0 Å². The molecule has 3 heteroatoms. The SMILES string of the molecule is Cc1cccc2c(CN3CCN4CCN(C)C[C@H]4C3)cccc12. The third-order valence-corrected chi connectivity index (χ3v) is 5.60. The Morgan fingerprint density at radius 1 is 0.913 bits per heavy atom. The molecule has 0 aromatic heterocycles. The molecule has 2 aliphatic heterocycles. The zero-order valence-electron chi connectivity index (χ0n) is 14.3. The molecule has 0 amide bonds. The van der Waals surface area contributed by atoms with E-state index in [-0.39, 0.29) is 0 Å². The zero-order valence-corrected chi connectivity index (χ0v) is 14.3. The number of rotatable bonds is 2. The highest BCUT2D eigenvalue weighted by atomic mass is 15.3. The molecule has 23 heavy (non-hydrogen) atoms. The van der Waals surface area contributed by atoms with Gasteiger partial charge in [0.15, 0.2) is 0 Å². The molecule has 2 aromatic carbocycles. The van der Waals surface area contributed by atoms with Gasteiger partial charge in [0.2, 0.25) is 0 Å². The number of hydrogen-bond donors (Lipinski definition) is 0. The standard InChI is InChI=1S/C20H27N3/c1-16-5-3-8-20-17(6-4-7-19(16)20)13-22-10-12-23-11-9-21(2)14-18(23)15-22/h3-8,18H,9-15H2,1-2H3/t18-/m0/s1. The maximum Gasteiger partial charge on any atom is 0.0351 e. The number of fused-ring (bicyclic) bond motifs is 2. The molecule has 0 radical (unpaired) electrons. The molecule has 2 aliphatic rings. The summed E-state index contributed by atoms with van der Waals surface area (Å²) in [6.07, 6.45) is 0. The van der Waals surface area contributed by atoms with Gasteiger partial charge in [-0.3, -0.25) is 9.80 Å². The van der Waals surface area contributed by atoms with Crippen LogP contribution in [0.1, 0.15) is 11.1 Å². The van der Waals surface area contributed by atoms with Crippen LogP contribution in [0.4, 0.5) is 0 Å². The summed E-state index contributed by atoms with van der Waals surface area (Å²) in [7, 11) is 2.25. The summed E-state index contributed by atoms with van der Waals surface area (Å²) in [5.74, 6) is 0. The first-order valence-electron chi connectivity index (χ1n) is 8.83. The highest BCUT2D eigenvalue weighted by Gasteiger charge is 2.30. The van der Waals surface area contributed by atoms with Crippen molar-refractivity contribution in [2.75, 3.05) is 46.3 Å². The number of nitrogens with zero attached hydrogens (tertiary/aromatic N) is 3. The fraction of sp³-hybridized carbons (Fsp3) is 0.500. The number of benzene rings is 2. The van der Waals surface area contributed by atoms with Crippen molar-refractivity contribution in [2.24, 2.45) is 0 Å². The summed E-state index contributed by atoms with van der Waals surface area (Å²) in [5.41, 5.74) is 2.85. The second-order valence-electron chi connectivity index (χ2n) is 7.27. The van der Waals surface area contributed by atoms with Gasteiger partial charge in [0, 0.05) is 51.9 Å². The topological polar surface area (TPSA) is 9.72 Å². The molecule has 0 aliphatic carbocycles. The lowest BCUT2D eigenvalue weighted by Gasteiger charge is -2.46. The Morgan fingerprint density at radius 3 is 2.61 bits per heavy atom. The van der Waals surface area contributed by atoms with Crippen LogP contribution in [0, 0.1) is 6.92 Å². The Bertz CT molecular complexity index is 696. The maximum absolute atomic E-state index is 2.68. The van der Waals surface area contributed by atoms with Crippen LogP contribution in [-0.4, -0.2) is 67.1 Å². The highest BCUT2D eigenvalue weighted by Crippen LogP contribution is 2.24. The smallest absolute Gasteiger partial charge is 0.0351 e. The summed E-state index contributed by atoms with van der Waals surface area (Å²) < 4.78 is 0. The fourth-order valence-corrected chi connectivity index (χ4v) is 4.23. The molecule has 2 fully saturated rings. The van der Waals surface area contributed by atoms with Crippen molar-refractivity contribution in [1.82, 2.24) is 14.7 Å². The average molecular weight is 309 g/mol. The van der Waals surface area contributed by atoms with E-state index in [9.17, 15) is 0 Å². The summed E-state index contributed by atoms with van der Waals surface area (Å²) in [4.78, 5) is 7.81. The Kier molecular flexibility index (Phi) is 4.10. The molecule has 1 atom stereocenters. The predicted octanol–water partition coefficient (Wildman–Crippen LogP) is 2.58. The summed E-state index contributed by atoms with van der Waals surface area (Å²) in [5, 5.41) is 2.83. The lowest BCUT2D eigenvalue weighted by Crippen LogP contribution is -2.61. The minimum Gasteiger partial charge on any atom is -0.303 e. The monoisotopic (exact) mass is 309 g/mol. The Balaban J connectivity index is 1.54. The molecule has 2 aromatic rings. The second kappa shape index (κ2) is 6.23. The molecule has 0 unspecified atom stereocenters. The largest absolute Gasteiger partial charge is 0.303 e. The van der Waals surface area contributed by atoms with E-state index >= 15 is 0 Å². The van der Waals surface area contributed by atoms with Crippen LogP contribution in [0.2, 0.25) is 0 Å². The molecule has 0 saturated carbocycles. The van der Waals surface area contributed by atoms with Crippen molar-refractivity contribution in [2.45, 2.75) is 19.5 Å². The molecule has 0 N–H and O–H groups in total.